The third-order valence-electron chi connectivity index (χ3n) is 4.71. The number of hydrogen-bond donors (Lipinski definition) is 2. The Hall–Kier alpha value is -1.55. The fraction of sp³-hybridized carbons (Fsp3) is 0.632. The van der Waals surface area contributed by atoms with Crippen molar-refractivity contribution in [3.8, 4) is 0 Å². The largest absolute Gasteiger partial charge is 0.357 e. The minimum absolute atomic E-state index is 0.465. The van der Waals surface area contributed by atoms with E-state index in [1.165, 1.54) is 11.1 Å². The second kappa shape index (κ2) is 8.34. The maximum atomic E-state index is 4.79. The van der Waals surface area contributed by atoms with Crippen molar-refractivity contribution in [2.75, 3.05) is 19.6 Å². The van der Waals surface area contributed by atoms with Crippen LogP contribution in [0.2, 0.25) is 0 Å². The van der Waals surface area contributed by atoms with Crippen molar-refractivity contribution in [2.24, 2.45) is 10.9 Å². The zero-order valence-corrected chi connectivity index (χ0v) is 15.3. The van der Waals surface area contributed by atoms with Gasteiger partial charge in [0.25, 0.3) is 0 Å². The molecule has 2 unspecified atom stereocenters. The summed E-state index contributed by atoms with van der Waals surface area (Å²) in [5, 5.41) is 7.02. The van der Waals surface area contributed by atoms with E-state index < -0.39 is 0 Å². The monoisotopic (exact) mass is 316 g/mol. The van der Waals surface area contributed by atoms with E-state index in [1.807, 2.05) is 0 Å². The first-order valence-corrected chi connectivity index (χ1v) is 8.84. The lowest BCUT2D eigenvalue weighted by atomic mass is 10.1. The predicted octanol–water partition coefficient (Wildman–Crippen LogP) is 2.78. The quantitative estimate of drug-likeness (QED) is 0.648. The summed E-state index contributed by atoms with van der Waals surface area (Å²) >= 11 is 0. The van der Waals surface area contributed by atoms with Gasteiger partial charge in [-0.1, -0.05) is 31.2 Å². The third-order valence-corrected chi connectivity index (χ3v) is 4.71. The Labute approximate surface area is 141 Å². The summed E-state index contributed by atoms with van der Waals surface area (Å²) in [4.78, 5) is 7.32. The molecule has 1 heterocycles. The molecule has 4 nitrogen and oxygen atoms in total. The van der Waals surface area contributed by atoms with Gasteiger partial charge in [0, 0.05) is 31.7 Å². The molecule has 2 N–H and O–H groups in total. The summed E-state index contributed by atoms with van der Waals surface area (Å²) < 4.78 is 0. The molecule has 1 aliphatic rings. The SMILES string of the molecule is CCNC(=NCc1ccccc1C)NC1CN(C(C)C)CC1C. The van der Waals surface area contributed by atoms with Gasteiger partial charge in [-0.25, -0.2) is 4.99 Å². The highest BCUT2D eigenvalue weighted by Crippen LogP contribution is 2.18. The molecule has 1 aliphatic heterocycles. The average Bonchev–Trinajstić information content (AvgIpc) is 2.88. The van der Waals surface area contributed by atoms with Gasteiger partial charge < -0.3 is 10.6 Å². The number of guanidine groups is 1. The third kappa shape index (κ3) is 4.96. The van der Waals surface area contributed by atoms with E-state index >= 15 is 0 Å². The molecular formula is C19H32N4. The fourth-order valence-electron chi connectivity index (χ4n) is 3.06. The number of aliphatic imine (C=N–C) groups is 1. The molecule has 4 heteroatoms. The molecule has 0 aromatic heterocycles. The van der Waals surface area contributed by atoms with Crippen LogP contribution in [0.4, 0.5) is 0 Å². The standard InChI is InChI=1S/C19H32N4/c1-6-20-19(21-11-17-10-8-7-9-15(17)4)22-18-13-23(14(2)3)12-16(18)5/h7-10,14,16,18H,6,11-13H2,1-5H3,(H2,20,21,22). The topological polar surface area (TPSA) is 39.7 Å². The van der Waals surface area contributed by atoms with Crippen molar-refractivity contribution in [3.63, 3.8) is 0 Å². The Balaban J connectivity index is 2.01. The second-order valence-corrected chi connectivity index (χ2v) is 6.90. The molecule has 1 saturated heterocycles. The predicted molar refractivity (Wildman–Crippen MR) is 98.8 cm³/mol. The normalized spacial score (nSPS) is 22.6. The first kappa shape index (κ1) is 17.8. The minimum Gasteiger partial charge on any atom is -0.357 e. The molecule has 1 aromatic rings. The van der Waals surface area contributed by atoms with Crippen LogP contribution in [0.3, 0.4) is 0 Å². The molecular weight excluding hydrogens is 284 g/mol. The summed E-state index contributed by atoms with van der Waals surface area (Å²) in [7, 11) is 0. The molecule has 0 radical (unpaired) electrons. The molecule has 128 valence electrons. The van der Waals surface area contributed by atoms with Crippen LogP contribution in [0.15, 0.2) is 29.3 Å². The minimum atomic E-state index is 0.465. The fourth-order valence-corrected chi connectivity index (χ4v) is 3.06. The zero-order valence-electron chi connectivity index (χ0n) is 15.3. The van der Waals surface area contributed by atoms with E-state index in [9.17, 15) is 0 Å². The van der Waals surface area contributed by atoms with Gasteiger partial charge in [0.2, 0.25) is 0 Å². The van der Waals surface area contributed by atoms with Crippen LogP contribution in [-0.4, -0.2) is 42.6 Å². The summed E-state index contributed by atoms with van der Waals surface area (Å²) in [5.74, 6) is 1.57. The van der Waals surface area contributed by atoms with E-state index in [0.29, 0.717) is 18.0 Å². The summed E-state index contributed by atoms with van der Waals surface area (Å²) in [6, 6.07) is 9.53. The Morgan fingerprint density at radius 3 is 2.65 bits per heavy atom. The van der Waals surface area contributed by atoms with E-state index in [4.69, 9.17) is 4.99 Å². The Morgan fingerprint density at radius 2 is 2.04 bits per heavy atom. The number of hydrogen-bond acceptors (Lipinski definition) is 2. The lowest BCUT2D eigenvalue weighted by molar-refractivity contribution is 0.265. The van der Waals surface area contributed by atoms with Gasteiger partial charge in [0.1, 0.15) is 0 Å². The van der Waals surface area contributed by atoms with E-state index in [1.54, 1.807) is 0 Å². The lowest BCUT2D eigenvalue weighted by Crippen LogP contribution is -2.46. The van der Waals surface area contributed by atoms with Gasteiger partial charge in [-0.05, 0) is 44.7 Å². The van der Waals surface area contributed by atoms with Crippen molar-refractivity contribution in [1.29, 1.82) is 0 Å². The summed E-state index contributed by atoms with van der Waals surface area (Å²) in [6.45, 7) is 15.0. The molecule has 0 bridgehead atoms. The van der Waals surface area contributed by atoms with Gasteiger partial charge in [0.05, 0.1) is 6.54 Å². The average molecular weight is 316 g/mol. The highest BCUT2D eigenvalue weighted by atomic mass is 15.3. The lowest BCUT2D eigenvalue weighted by Gasteiger charge is -2.22. The molecule has 1 fully saturated rings. The number of rotatable bonds is 5. The number of aryl methyl sites for hydroxylation is 1. The number of benzene rings is 1. The molecule has 2 rings (SSSR count). The van der Waals surface area contributed by atoms with Crippen LogP contribution in [0.25, 0.3) is 0 Å². The number of nitrogens with zero attached hydrogens (tertiary/aromatic N) is 2. The number of nitrogens with one attached hydrogen (secondary N) is 2. The molecule has 2 atom stereocenters. The second-order valence-electron chi connectivity index (χ2n) is 6.90. The van der Waals surface area contributed by atoms with Gasteiger partial charge in [-0.2, -0.15) is 0 Å². The van der Waals surface area contributed by atoms with Crippen LogP contribution in [0, 0.1) is 12.8 Å². The highest BCUT2D eigenvalue weighted by molar-refractivity contribution is 5.80. The van der Waals surface area contributed by atoms with Gasteiger partial charge >= 0.3 is 0 Å². The van der Waals surface area contributed by atoms with Crippen molar-refractivity contribution >= 4 is 5.96 Å². The Morgan fingerprint density at radius 1 is 1.30 bits per heavy atom. The van der Waals surface area contributed by atoms with Gasteiger partial charge in [0.15, 0.2) is 5.96 Å². The number of likely N-dealkylation sites (tertiary alicyclic amines) is 1. The molecule has 0 saturated carbocycles. The molecule has 23 heavy (non-hydrogen) atoms. The van der Waals surface area contributed by atoms with Crippen LogP contribution in [-0.2, 0) is 6.54 Å². The smallest absolute Gasteiger partial charge is 0.191 e. The van der Waals surface area contributed by atoms with Gasteiger partial charge in [-0.15, -0.1) is 0 Å². The van der Waals surface area contributed by atoms with Crippen molar-refractivity contribution in [3.05, 3.63) is 35.4 Å². The molecule has 0 spiro atoms. The van der Waals surface area contributed by atoms with Crippen molar-refractivity contribution in [1.82, 2.24) is 15.5 Å². The first-order valence-electron chi connectivity index (χ1n) is 8.84. The Kier molecular flexibility index (Phi) is 6.46. The van der Waals surface area contributed by atoms with Crippen molar-refractivity contribution < 1.29 is 0 Å². The molecule has 1 aromatic carbocycles. The maximum absolute atomic E-state index is 4.79. The highest BCUT2D eigenvalue weighted by Gasteiger charge is 2.31. The van der Waals surface area contributed by atoms with E-state index in [-0.39, 0.29) is 0 Å². The van der Waals surface area contributed by atoms with E-state index in [2.05, 4.69) is 74.4 Å². The summed E-state index contributed by atoms with van der Waals surface area (Å²) in [5.41, 5.74) is 2.58. The van der Waals surface area contributed by atoms with Gasteiger partial charge in [-0.3, -0.25) is 4.90 Å². The summed E-state index contributed by atoms with van der Waals surface area (Å²) in [6.07, 6.45) is 0. The zero-order chi connectivity index (χ0) is 16.8. The van der Waals surface area contributed by atoms with Crippen LogP contribution in [0.1, 0.15) is 38.8 Å². The van der Waals surface area contributed by atoms with E-state index in [0.717, 1.165) is 32.1 Å². The first-order chi connectivity index (χ1) is 11.0. The molecule has 0 amide bonds. The van der Waals surface area contributed by atoms with Crippen molar-refractivity contribution in [2.45, 2.75) is 53.2 Å². The van der Waals surface area contributed by atoms with Crippen LogP contribution < -0.4 is 10.6 Å². The maximum Gasteiger partial charge on any atom is 0.191 e. The Bertz CT molecular complexity index is 524. The van der Waals surface area contributed by atoms with Crippen LogP contribution in [0.5, 0.6) is 0 Å². The molecule has 0 aliphatic carbocycles. The van der Waals surface area contributed by atoms with Crippen LogP contribution >= 0.6 is 0 Å².